The molecule has 0 spiro atoms. The van der Waals surface area contributed by atoms with E-state index in [2.05, 4.69) is 17.6 Å². The predicted molar refractivity (Wildman–Crippen MR) is 71.6 cm³/mol. The van der Waals surface area contributed by atoms with E-state index in [0.29, 0.717) is 16.5 Å². The van der Waals surface area contributed by atoms with Gasteiger partial charge in [0.25, 0.3) is 0 Å². The number of halogens is 1. The first-order chi connectivity index (χ1) is 8.04. The molecule has 0 bridgehead atoms. The summed E-state index contributed by atoms with van der Waals surface area (Å²) in [5, 5.41) is 6.75. The molecule has 0 radical (unpaired) electrons. The van der Waals surface area contributed by atoms with Gasteiger partial charge in [-0.05, 0) is 37.7 Å². The smallest absolute Gasteiger partial charge is 0.250 e. The zero-order chi connectivity index (χ0) is 12.8. The van der Waals surface area contributed by atoms with Crippen LogP contribution in [-0.4, -0.2) is 26.0 Å². The van der Waals surface area contributed by atoms with Crippen LogP contribution in [0.25, 0.3) is 0 Å². The number of carbonyl (C=O) groups is 1. The number of amides is 1. The van der Waals surface area contributed by atoms with Gasteiger partial charge in [-0.1, -0.05) is 18.5 Å². The van der Waals surface area contributed by atoms with E-state index in [0.717, 1.165) is 18.8 Å². The average molecular weight is 256 g/mol. The van der Waals surface area contributed by atoms with Crippen LogP contribution < -0.4 is 16.4 Å². The van der Waals surface area contributed by atoms with E-state index >= 15 is 0 Å². The fourth-order valence-corrected chi connectivity index (χ4v) is 1.81. The van der Waals surface area contributed by atoms with Gasteiger partial charge in [0.15, 0.2) is 0 Å². The molecule has 1 aromatic carbocycles. The standard InChI is InChI=1S/C12H18ClN3O/c1-8(6-15-2)7-16-9-3-4-10(12(14)17)11(13)5-9/h3-5,8,15-16H,6-7H2,1-2H3,(H2,14,17). The number of nitrogens with one attached hydrogen (secondary N) is 2. The van der Waals surface area contributed by atoms with Crippen LogP contribution in [0, 0.1) is 5.92 Å². The van der Waals surface area contributed by atoms with Gasteiger partial charge in [0.2, 0.25) is 5.91 Å². The lowest BCUT2D eigenvalue weighted by molar-refractivity contribution is 0.100. The SMILES string of the molecule is CNCC(C)CNc1ccc(C(N)=O)c(Cl)c1. The largest absolute Gasteiger partial charge is 0.385 e. The lowest BCUT2D eigenvalue weighted by atomic mass is 10.1. The molecular weight excluding hydrogens is 238 g/mol. The summed E-state index contributed by atoms with van der Waals surface area (Å²) in [5.41, 5.74) is 6.41. The maximum Gasteiger partial charge on any atom is 0.250 e. The van der Waals surface area contributed by atoms with Gasteiger partial charge in [-0.3, -0.25) is 4.79 Å². The van der Waals surface area contributed by atoms with E-state index in [1.54, 1.807) is 18.2 Å². The highest BCUT2D eigenvalue weighted by molar-refractivity contribution is 6.34. The summed E-state index contributed by atoms with van der Waals surface area (Å²) in [6.45, 7) is 3.93. The van der Waals surface area contributed by atoms with Gasteiger partial charge in [0.05, 0.1) is 10.6 Å². The number of primary amides is 1. The molecule has 1 amide bonds. The lowest BCUT2D eigenvalue weighted by Gasteiger charge is -2.13. The van der Waals surface area contributed by atoms with Crippen LogP contribution in [0.15, 0.2) is 18.2 Å². The first-order valence-corrected chi connectivity index (χ1v) is 5.90. The molecule has 1 rings (SSSR count). The fourth-order valence-electron chi connectivity index (χ4n) is 1.54. The molecular formula is C12H18ClN3O. The van der Waals surface area contributed by atoms with E-state index in [1.807, 2.05) is 7.05 Å². The van der Waals surface area contributed by atoms with Crippen molar-refractivity contribution in [2.24, 2.45) is 11.7 Å². The maximum atomic E-state index is 11.0. The Morgan fingerprint density at radius 3 is 2.71 bits per heavy atom. The number of nitrogens with two attached hydrogens (primary N) is 1. The van der Waals surface area contributed by atoms with E-state index in [1.165, 1.54) is 0 Å². The number of hydrogen-bond donors (Lipinski definition) is 3. The van der Waals surface area contributed by atoms with Gasteiger partial charge >= 0.3 is 0 Å². The zero-order valence-corrected chi connectivity index (χ0v) is 10.8. The summed E-state index contributed by atoms with van der Waals surface area (Å²) >= 11 is 5.95. The summed E-state index contributed by atoms with van der Waals surface area (Å²) in [6.07, 6.45) is 0. The third-order valence-corrected chi connectivity index (χ3v) is 2.75. The van der Waals surface area contributed by atoms with Crippen LogP contribution >= 0.6 is 11.6 Å². The molecule has 0 aliphatic rings. The zero-order valence-electron chi connectivity index (χ0n) is 10.1. The molecule has 5 heteroatoms. The molecule has 1 aromatic rings. The molecule has 0 aliphatic carbocycles. The van der Waals surface area contributed by atoms with Crippen LogP contribution in [0.5, 0.6) is 0 Å². The second-order valence-electron chi connectivity index (χ2n) is 4.10. The Morgan fingerprint density at radius 1 is 1.47 bits per heavy atom. The number of hydrogen-bond acceptors (Lipinski definition) is 3. The summed E-state index contributed by atoms with van der Waals surface area (Å²) in [4.78, 5) is 11.0. The minimum absolute atomic E-state index is 0.348. The predicted octanol–water partition coefficient (Wildman–Crippen LogP) is 1.71. The van der Waals surface area contributed by atoms with Gasteiger partial charge in [0, 0.05) is 12.2 Å². The molecule has 0 heterocycles. The van der Waals surface area contributed by atoms with Gasteiger partial charge in [0.1, 0.15) is 0 Å². The number of carbonyl (C=O) groups excluding carboxylic acids is 1. The Morgan fingerprint density at radius 2 is 2.18 bits per heavy atom. The van der Waals surface area contributed by atoms with Crippen molar-refractivity contribution in [1.29, 1.82) is 0 Å². The Kier molecular flexibility index (Phi) is 5.25. The van der Waals surface area contributed by atoms with E-state index < -0.39 is 5.91 Å². The van der Waals surface area contributed by atoms with Crippen LogP contribution in [-0.2, 0) is 0 Å². The van der Waals surface area contributed by atoms with Crippen molar-refractivity contribution in [3.05, 3.63) is 28.8 Å². The van der Waals surface area contributed by atoms with Crippen molar-refractivity contribution >= 4 is 23.2 Å². The molecule has 1 unspecified atom stereocenters. The first kappa shape index (κ1) is 13.8. The molecule has 0 saturated heterocycles. The molecule has 0 saturated carbocycles. The van der Waals surface area contributed by atoms with Crippen LogP contribution in [0.2, 0.25) is 5.02 Å². The Hall–Kier alpha value is -1.26. The van der Waals surface area contributed by atoms with E-state index in [4.69, 9.17) is 17.3 Å². The van der Waals surface area contributed by atoms with E-state index in [-0.39, 0.29) is 0 Å². The lowest BCUT2D eigenvalue weighted by Crippen LogP contribution is -2.22. The van der Waals surface area contributed by atoms with Crippen LogP contribution in [0.4, 0.5) is 5.69 Å². The first-order valence-electron chi connectivity index (χ1n) is 5.52. The van der Waals surface area contributed by atoms with Gasteiger partial charge < -0.3 is 16.4 Å². The Labute approximate surface area is 107 Å². The molecule has 0 fully saturated rings. The van der Waals surface area contributed by atoms with Crippen molar-refractivity contribution in [2.45, 2.75) is 6.92 Å². The maximum absolute atomic E-state index is 11.0. The van der Waals surface area contributed by atoms with Crippen molar-refractivity contribution in [3.63, 3.8) is 0 Å². The van der Waals surface area contributed by atoms with Crippen molar-refractivity contribution in [3.8, 4) is 0 Å². The summed E-state index contributed by atoms with van der Waals surface area (Å²) < 4.78 is 0. The summed E-state index contributed by atoms with van der Waals surface area (Å²) in [5.74, 6) is -0.000284. The number of anilines is 1. The summed E-state index contributed by atoms with van der Waals surface area (Å²) in [6, 6.07) is 5.15. The highest BCUT2D eigenvalue weighted by atomic mass is 35.5. The van der Waals surface area contributed by atoms with Crippen molar-refractivity contribution in [1.82, 2.24) is 5.32 Å². The molecule has 17 heavy (non-hydrogen) atoms. The molecule has 4 nitrogen and oxygen atoms in total. The van der Waals surface area contributed by atoms with Crippen molar-refractivity contribution in [2.75, 3.05) is 25.5 Å². The minimum Gasteiger partial charge on any atom is -0.385 e. The molecule has 1 atom stereocenters. The second kappa shape index (κ2) is 6.47. The third kappa shape index (κ3) is 4.24. The third-order valence-electron chi connectivity index (χ3n) is 2.44. The Bertz CT molecular complexity index is 395. The van der Waals surface area contributed by atoms with E-state index in [9.17, 15) is 4.79 Å². The molecule has 94 valence electrons. The van der Waals surface area contributed by atoms with Crippen LogP contribution in [0.1, 0.15) is 17.3 Å². The molecule has 0 aliphatic heterocycles. The quantitative estimate of drug-likeness (QED) is 0.725. The summed E-state index contributed by atoms with van der Waals surface area (Å²) in [7, 11) is 1.93. The molecule has 4 N–H and O–H groups in total. The highest BCUT2D eigenvalue weighted by Crippen LogP contribution is 2.20. The monoisotopic (exact) mass is 255 g/mol. The minimum atomic E-state index is -0.509. The van der Waals surface area contributed by atoms with Gasteiger partial charge in [-0.25, -0.2) is 0 Å². The average Bonchev–Trinajstić information content (AvgIpc) is 2.26. The topological polar surface area (TPSA) is 67.2 Å². The number of benzene rings is 1. The van der Waals surface area contributed by atoms with Crippen molar-refractivity contribution < 1.29 is 4.79 Å². The fraction of sp³-hybridized carbons (Fsp3) is 0.417. The normalized spacial score (nSPS) is 12.2. The Balaban J connectivity index is 2.62. The highest BCUT2D eigenvalue weighted by Gasteiger charge is 2.07. The number of rotatable bonds is 6. The molecule has 0 aromatic heterocycles. The van der Waals surface area contributed by atoms with Crippen LogP contribution in [0.3, 0.4) is 0 Å². The second-order valence-corrected chi connectivity index (χ2v) is 4.51. The van der Waals surface area contributed by atoms with Gasteiger partial charge in [-0.15, -0.1) is 0 Å². The van der Waals surface area contributed by atoms with Gasteiger partial charge in [-0.2, -0.15) is 0 Å².